The minimum atomic E-state index is -0.347. The SMILES string of the molecule is COC(=O)Cc1cc(N)ccc1Oc1ccc(OC)cc1. The summed E-state index contributed by atoms with van der Waals surface area (Å²) in [6.45, 7) is 0. The van der Waals surface area contributed by atoms with Crippen molar-refractivity contribution < 1.29 is 19.0 Å². The van der Waals surface area contributed by atoms with Crippen molar-refractivity contribution in [2.75, 3.05) is 20.0 Å². The Bertz CT molecular complexity index is 623. The van der Waals surface area contributed by atoms with Crippen molar-refractivity contribution in [3.05, 3.63) is 48.0 Å². The summed E-state index contributed by atoms with van der Waals surface area (Å²) in [5.41, 5.74) is 7.00. The normalized spacial score (nSPS) is 10.0. The van der Waals surface area contributed by atoms with Crippen molar-refractivity contribution in [3.63, 3.8) is 0 Å². The molecule has 2 aromatic carbocycles. The monoisotopic (exact) mass is 287 g/mol. The zero-order valence-corrected chi connectivity index (χ0v) is 12.0. The topological polar surface area (TPSA) is 70.8 Å². The van der Waals surface area contributed by atoms with E-state index in [1.165, 1.54) is 7.11 Å². The Morgan fingerprint density at radius 1 is 1.05 bits per heavy atom. The van der Waals surface area contributed by atoms with Gasteiger partial charge in [-0.15, -0.1) is 0 Å². The molecule has 0 aromatic heterocycles. The Morgan fingerprint density at radius 2 is 1.71 bits per heavy atom. The Balaban J connectivity index is 2.23. The maximum atomic E-state index is 11.4. The van der Waals surface area contributed by atoms with Crippen molar-refractivity contribution in [1.82, 2.24) is 0 Å². The van der Waals surface area contributed by atoms with E-state index in [-0.39, 0.29) is 12.4 Å². The fourth-order valence-corrected chi connectivity index (χ4v) is 1.84. The lowest BCUT2D eigenvalue weighted by Crippen LogP contribution is -2.06. The Labute approximate surface area is 123 Å². The average Bonchev–Trinajstić information content (AvgIpc) is 2.50. The molecule has 0 aliphatic heterocycles. The van der Waals surface area contributed by atoms with E-state index in [1.807, 2.05) is 0 Å². The van der Waals surface area contributed by atoms with Gasteiger partial charge in [-0.1, -0.05) is 0 Å². The zero-order valence-electron chi connectivity index (χ0n) is 12.0. The minimum Gasteiger partial charge on any atom is -0.497 e. The van der Waals surface area contributed by atoms with Gasteiger partial charge < -0.3 is 19.9 Å². The van der Waals surface area contributed by atoms with Crippen LogP contribution in [0.15, 0.2) is 42.5 Å². The third kappa shape index (κ3) is 3.89. The van der Waals surface area contributed by atoms with Crippen molar-refractivity contribution in [1.29, 1.82) is 0 Å². The third-order valence-electron chi connectivity index (χ3n) is 2.93. The van der Waals surface area contributed by atoms with Gasteiger partial charge in [0.25, 0.3) is 0 Å². The standard InChI is InChI=1S/C16H17NO4/c1-19-13-4-6-14(7-5-13)21-15-8-3-12(17)9-11(15)10-16(18)20-2/h3-9H,10,17H2,1-2H3. The van der Waals surface area contributed by atoms with Crippen molar-refractivity contribution in [2.45, 2.75) is 6.42 Å². The molecule has 0 atom stereocenters. The molecular formula is C16H17NO4. The maximum Gasteiger partial charge on any atom is 0.310 e. The first-order valence-corrected chi connectivity index (χ1v) is 6.39. The van der Waals surface area contributed by atoms with Crippen molar-refractivity contribution in [3.8, 4) is 17.2 Å². The number of anilines is 1. The van der Waals surface area contributed by atoms with E-state index < -0.39 is 0 Å². The van der Waals surface area contributed by atoms with Crippen LogP contribution in [0.3, 0.4) is 0 Å². The average molecular weight is 287 g/mol. The van der Waals surface area contributed by atoms with Gasteiger partial charge in [-0.2, -0.15) is 0 Å². The Kier molecular flexibility index (Phi) is 4.66. The molecule has 0 fully saturated rings. The largest absolute Gasteiger partial charge is 0.497 e. The molecule has 2 rings (SSSR count). The molecule has 0 heterocycles. The summed E-state index contributed by atoms with van der Waals surface area (Å²) < 4.78 is 15.6. The summed E-state index contributed by atoms with van der Waals surface area (Å²) >= 11 is 0. The highest BCUT2D eigenvalue weighted by Crippen LogP contribution is 2.28. The molecule has 110 valence electrons. The highest BCUT2D eigenvalue weighted by molar-refractivity contribution is 5.74. The summed E-state index contributed by atoms with van der Waals surface area (Å²) in [5, 5.41) is 0. The van der Waals surface area contributed by atoms with E-state index in [0.29, 0.717) is 22.7 Å². The van der Waals surface area contributed by atoms with Gasteiger partial charge in [0.1, 0.15) is 17.2 Å². The number of hydrogen-bond donors (Lipinski definition) is 1. The third-order valence-corrected chi connectivity index (χ3v) is 2.93. The van der Waals surface area contributed by atoms with E-state index >= 15 is 0 Å². The number of benzene rings is 2. The van der Waals surface area contributed by atoms with Crippen LogP contribution in [0.4, 0.5) is 5.69 Å². The molecule has 0 bridgehead atoms. The maximum absolute atomic E-state index is 11.4. The quantitative estimate of drug-likeness (QED) is 0.676. The summed E-state index contributed by atoms with van der Waals surface area (Å²) in [6.07, 6.45) is 0.104. The van der Waals surface area contributed by atoms with Crippen LogP contribution in [0, 0.1) is 0 Å². The fraction of sp³-hybridized carbons (Fsp3) is 0.188. The molecule has 0 saturated heterocycles. The first-order chi connectivity index (χ1) is 10.1. The smallest absolute Gasteiger partial charge is 0.310 e. The van der Waals surface area contributed by atoms with Gasteiger partial charge in [-0.05, 0) is 42.5 Å². The highest BCUT2D eigenvalue weighted by Gasteiger charge is 2.11. The van der Waals surface area contributed by atoms with Gasteiger partial charge >= 0.3 is 5.97 Å². The zero-order chi connectivity index (χ0) is 15.2. The molecule has 2 aromatic rings. The molecule has 5 heteroatoms. The van der Waals surface area contributed by atoms with Gasteiger partial charge in [0.15, 0.2) is 0 Å². The van der Waals surface area contributed by atoms with Gasteiger partial charge in [-0.25, -0.2) is 0 Å². The lowest BCUT2D eigenvalue weighted by Gasteiger charge is -2.12. The van der Waals surface area contributed by atoms with Crippen molar-refractivity contribution >= 4 is 11.7 Å². The molecule has 2 N–H and O–H groups in total. The number of nitrogens with two attached hydrogens (primary N) is 1. The number of methoxy groups -OCH3 is 2. The van der Waals surface area contributed by atoms with Crippen LogP contribution in [0.5, 0.6) is 17.2 Å². The van der Waals surface area contributed by atoms with E-state index in [0.717, 1.165) is 5.75 Å². The first-order valence-electron chi connectivity index (χ1n) is 6.39. The fourth-order valence-electron chi connectivity index (χ4n) is 1.84. The molecule has 0 radical (unpaired) electrons. The summed E-state index contributed by atoms with van der Waals surface area (Å²) in [4.78, 5) is 11.4. The molecule has 0 aliphatic carbocycles. The van der Waals surface area contributed by atoms with Crippen molar-refractivity contribution in [2.24, 2.45) is 0 Å². The van der Waals surface area contributed by atoms with Crippen LogP contribution in [0.25, 0.3) is 0 Å². The number of hydrogen-bond acceptors (Lipinski definition) is 5. The van der Waals surface area contributed by atoms with E-state index in [1.54, 1.807) is 49.6 Å². The van der Waals surface area contributed by atoms with Crippen LogP contribution in [-0.4, -0.2) is 20.2 Å². The number of carbonyl (C=O) groups is 1. The highest BCUT2D eigenvalue weighted by atomic mass is 16.5. The number of rotatable bonds is 5. The first kappa shape index (κ1) is 14.7. The molecule has 0 amide bonds. The molecule has 0 aliphatic rings. The summed E-state index contributed by atoms with van der Waals surface area (Å²) in [7, 11) is 2.95. The molecule has 0 spiro atoms. The minimum absolute atomic E-state index is 0.104. The van der Waals surface area contributed by atoms with E-state index in [4.69, 9.17) is 15.2 Å². The predicted octanol–water partition coefficient (Wildman–Crippen LogP) is 2.79. The second-order valence-corrected chi connectivity index (χ2v) is 4.40. The van der Waals surface area contributed by atoms with Gasteiger partial charge in [0.05, 0.1) is 20.6 Å². The van der Waals surface area contributed by atoms with Gasteiger partial charge in [0.2, 0.25) is 0 Å². The number of esters is 1. The number of nitrogen functional groups attached to an aromatic ring is 1. The lowest BCUT2D eigenvalue weighted by atomic mass is 10.1. The second kappa shape index (κ2) is 6.65. The number of carbonyl (C=O) groups excluding carboxylic acids is 1. The molecule has 0 unspecified atom stereocenters. The van der Waals surface area contributed by atoms with Gasteiger partial charge in [0, 0.05) is 11.3 Å². The molecule has 5 nitrogen and oxygen atoms in total. The second-order valence-electron chi connectivity index (χ2n) is 4.40. The lowest BCUT2D eigenvalue weighted by molar-refractivity contribution is -0.139. The number of ether oxygens (including phenoxy) is 3. The molecule has 0 saturated carbocycles. The molecular weight excluding hydrogens is 270 g/mol. The Hall–Kier alpha value is -2.69. The summed E-state index contributed by atoms with van der Waals surface area (Å²) in [6, 6.07) is 12.3. The summed E-state index contributed by atoms with van der Waals surface area (Å²) in [5.74, 6) is 1.61. The van der Waals surface area contributed by atoms with E-state index in [2.05, 4.69) is 4.74 Å². The van der Waals surface area contributed by atoms with Crippen LogP contribution in [0.1, 0.15) is 5.56 Å². The predicted molar refractivity (Wildman–Crippen MR) is 79.6 cm³/mol. The Morgan fingerprint density at radius 3 is 2.33 bits per heavy atom. The van der Waals surface area contributed by atoms with Crippen LogP contribution >= 0.6 is 0 Å². The molecule has 21 heavy (non-hydrogen) atoms. The van der Waals surface area contributed by atoms with Crippen LogP contribution in [0.2, 0.25) is 0 Å². The van der Waals surface area contributed by atoms with Crippen LogP contribution in [-0.2, 0) is 16.0 Å². The van der Waals surface area contributed by atoms with Gasteiger partial charge in [-0.3, -0.25) is 4.79 Å². The van der Waals surface area contributed by atoms with Crippen LogP contribution < -0.4 is 15.2 Å². The van der Waals surface area contributed by atoms with E-state index in [9.17, 15) is 4.79 Å².